The summed E-state index contributed by atoms with van der Waals surface area (Å²) in [6.45, 7) is 1.77. The largest absolute Gasteiger partial charge is 0.497 e. The van der Waals surface area contributed by atoms with Crippen LogP contribution in [0, 0.1) is 6.92 Å². The Bertz CT molecular complexity index is 947. The first-order valence-electron chi connectivity index (χ1n) is 8.28. The van der Waals surface area contributed by atoms with Crippen LogP contribution in [0.5, 0.6) is 5.75 Å². The van der Waals surface area contributed by atoms with E-state index in [9.17, 15) is 9.59 Å². The molecule has 1 heterocycles. The standard InChI is InChI=1S/C21H20N2O3/c1-14-8-13-18(20(24)22-14)21(25)23-19(15-6-4-3-5-7-15)16-9-11-17(26-2)12-10-16/h3-13,19H,1-2H3,(H,22,24)(H,23,25). The van der Waals surface area contributed by atoms with Crippen LogP contribution in [0.3, 0.4) is 0 Å². The van der Waals surface area contributed by atoms with Crippen LogP contribution in [0.25, 0.3) is 0 Å². The molecule has 0 radical (unpaired) electrons. The molecular formula is C21H20N2O3. The molecule has 0 saturated carbocycles. The van der Waals surface area contributed by atoms with Crippen molar-refractivity contribution in [3.05, 3.63) is 99.5 Å². The normalized spacial score (nSPS) is 11.6. The number of ether oxygens (including phenoxy) is 1. The zero-order chi connectivity index (χ0) is 18.5. The van der Waals surface area contributed by atoms with Crippen molar-refractivity contribution in [2.75, 3.05) is 7.11 Å². The number of hydrogen-bond donors (Lipinski definition) is 2. The number of aromatic amines is 1. The lowest BCUT2D eigenvalue weighted by molar-refractivity contribution is 0.0941. The highest BCUT2D eigenvalue weighted by Crippen LogP contribution is 2.24. The van der Waals surface area contributed by atoms with Crippen molar-refractivity contribution < 1.29 is 9.53 Å². The van der Waals surface area contributed by atoms with E-state index < -0.39 is 11.5 Å². The SMILES string of the molecule is COc1ccc(C(NC(=O)c2ccc(C)[nH]c2=O)c2ccccc2)cc1. The number of aromatic nitrogens is 1. The highest BCUT2D eigenvalue weighted by atomic mass is 16.5. The van der Waals surface area contributed by atoms with Gasteiger partial charge in [-0.25, -0.2) is 0 Å². The van der Waals surface area contributed by atoms with Crippen LogP contribution in [-0.2, 0) is 0 Å². The van der Waals surface area contributed by atoms with Crippen molar-refractivity contribution in [3.8, 4) is 5.75 Å². The van der Waals surface area contributed by atoms with E-state index >= 15 is 0 Å². The maximum atomic E-state index is 12.7. The zero-order valence-corrected chi connectivity index (χ0v) is 14.7. The van der Waals surface area contributed by atoms with Crippen molar-refractivity contribution in [3.63, 3.8) is 0 Å². The molecule has 1 amide bonds. The average Bonchev–Trinajstić information content (AvgIpc) is 2.67. The van der Waals surface area contributed by atoms with E-state index in [1.807, 2.05) is 54.6 Å². The van der Waals surface area contributed by atoms with E-state index in [0.29, 0.717) is 5.69 Å². The molecule has 0 saturated heterocycles. The third-order valence-electron chi connectivity index (χ3n) is 4.16. The van der Waals surface area contributed by atoms with Crippen molar-refractivity contribution >= 4 is 5.91 Å². The second kappa shape index (κ2) is 7.70. The predicted octanol–water partition coefficient (Wildman–Crippen LogP) is 3.21. The fraction of sp³-hybridized carbons (Fsp3) is 0.143. The van der Waals surface area contributed by atoms with Crippen LogP contribution < -0.4 is 15.6 Å². The van der Waals surface area contributed by atoms with Gasteiger partial charge in [-0.15, -0.1) is 0 Å². The topological polar surface area (TPSA) is 71.2 Å². The Morgan fingerprint density at radius 1 is 0.962 bits per heavy atom. The van der Waals surface area contributed by atoms with Gasteiger partial charge in [0.15, 0.2) is 0 Å². The summed E-state index contributed by atoms with van der Waals surface area (Å²) >= 11 is 0. The van der Waals surface area contributed by atoms with Gasteiger partial charge in [-0.3, -0.25) is 9.59 Å². The Morgan fingerprint density at radius 2 is 1.62 bits per heavy atom. The van der Waals surface area contributed by atoms with Crippen LogP contribution >= 0.6 is 0 Å². The van der Waals surface area contributed by atoms with Crippen molar-refractivity contribution in [1.29, 1.82) is 0 Å². The van der Waals surface area contributed by atoms with E-state index in [1.165, 1.54) is 0 Å². The predicted molar refractivity (Wildman–Crippen MR) is 101 cm³/mol. The Morgan fingerprint density at radius 3 is 2.23 bits per heavy atom. The average molecular weight is 348 g/mol. The van der Waals surface area contributed by atoms with Crippen molar-refractivity contribution in [2.45, 2.75) is 13.0 Å². The summed E-state index contributed by atoms with van der Waals surface area (Å²) < 4.78 is 5.20. The van der Waals surface area contributed by atoms with Gasteiger partial charge < -0.3 is 15.0 Å². The van der Waals surface area contributed by atoms with E-state index in [4.69, 9.17) is 4.74 Å². The van der Waals surface area contributed by atoms with Crippen LogP contribution in [-0.4, -0.2) is 18.0 Å². The van der Waals surface area contributed by atoms with Gasteiger partial charge in [-0.2, -0.15) is 0 Å². The first-order valence-corrected chi connectivity index (χ1v) is 8.28. The lowest BCUT2D eigenvalue weighted by atomic mass is 9.98. The minimum atomic E-state index is -0.420. The monoisotopic (exact) mass is 348 g/mol. The molecule has 0 bridgehead atoms. The minimum absolute atomic E-state index is 0.0880. The molecule has 132 valence electrons. The summed E-state index contributed by atoms with van der Waals surface area (Å²) in [4.78, 5) is 27.4. The number of nitrogens with one attached hydrogen (secondary N) is 2. The van der Waals surface area contributed by atoms with Gasteiger partial charge in [0.25, 0.3) is 11.5 Å². The first kappa shape index (κ1) is 17.5. The third kappa shape index (κ3) is 3.83. The minimum Gasteiger partial charge on any atom is -0.497 e. The fourth-order valence-corrected chi connectivity index (χ4v) is 2.76. The lowest BCUT2D eigenvalue weighted by Gasteiger charge is -2.20. The van der Waals surface area contributed by atoms with Crippen LogP contribution in [0.15, 0.2) is 71.5 Å². The summed E-state index contributed by atoms with van der Waals surface area (Å²) in [5.41, 5.74) is 2.22. The quantitative estimate of drug-likeness (QED) is 0.744. The highest BCUT2D eigenvalue weighted by molar-refractivity contribution is 5.94. The Balaban J connectivity index is 1.95. The molecule has 0 spiro atoms. The maximum absolute atomic E-state index is 12.7. The number of H-pyrrole nitrogens is 1. The van der Waals surface area contributed by atoms with Gasteiger partial charge in [-0.05, 0) is 42.3 Å². The smallest absolute Gasteiger partial charge is 0.260 e. The number of carbonyl (C=O) groups excluding carboxylic acids is 1. The molecule has 0 fully saturated rings. The van der Waals surface area contributed by atoms with Gasteiger partial charge in [0, 0.05) is 5.69 Å². The third-order valence-corrected chi connectivity index (χ3v) is 4.16. The van der Waals surface area contributed by atoms with Gasteiger partial charge in [0.05, 0.1) is 13.2 Å². The number of pyridine rings is 1. The molecule has 1 atom stereocenters. The highest BCUT2D eigenvalue weighted by Gasteiger charge is 2.19. The maximum Gasteiger partial charge on any atom is 0.260 e. The zero-order valence-electron chi connectivity index (χ0n) is 14.7. The second-order valence-electron chi connectivity index (χ2n) is 5.97. The molecule has 0 aliphatic heterocycles. The number of rotatable bonds is 5. The second-order valence-corrected chi connectivity index (χ2v) is 5.97. The van der Waals surface area contributed by atoms with Gasteiger partial charge in [0.2, 0.25) is 0 Å². The van der Waals surface area contributed by atoms with Crippen molar-refractivity contribution in [1.82, 2.24) is 10.3 Å². The Kier molecular flexibility index (Phi) is 5.17. The van der Waals surface area contributed by atoms with Crippen LogP contribution in [0.2, 0.25) is 0 Å². The summed E-state index contributed by atoms with van der Waals surface area (Å²) in [5, 5.41) is 2.96. The number of hydrogen-bond acceptors (Lipinski definition) is 3. The summed E-state index contributed by atoms with van der Waals surface area (Å²) in [6, 6.07) is 20.0. The molecule has 1 unspecified atom stereocenters. The fourth-order valence-electron chi connectivity index (χ4n) is 2.76. The van der Waals surface area contributed by atoms with E-state index in [2.05, 4.69) is 10.3 Å². The van der Waals surface area contributed by atoms with Gasteiger partial charge in [0.1, 0.15) is 11.3 Å². The van der Waals surface area contributed by atoms with Gasteiger partial charge in [-0.1, -0.05) is 42.5 Å². The Hall–Kier alpha value is -3.34. The van der Waals surface area contributed by atoms with E-state index in [0.717, 1.165) is 16.9 Å². The molecule has 0 aliphatic rings. The van der Waals surface area contributed by atoms with Crippen LogP contribution in [0.1, 0.15) is 33.2 Å². The van der Waals surface area contributed by atoms with E-state index in [1.54, 1.807) is 26.2 Å². The molecule has 2 aromatic carbocycles. The molecule has 3 rings (SSSR count). The summed E-state index contributed by atoms with van der Waals surface area (Å²) in [5.74, 6) is 0.317. The van der Waals surface area contributed by atoms with Crippen molar-refractivity contribution in [2.24, 2.45) is 0 Å². The lowest BCUT2D eigenvalue weighted by Crippen LogP contribution is -2.33. The number of carbonyl (C=O) groups is 1. The Labute approximate surface area is 151 Å². The molecule has 5 nitrogen and oxygen atoms in total. The van der Waals surface area contributed by atoms with E-state index in [-0.39, 0.29) is 11.6 Å². The summed E-state index contributed by atoms with van der Waals surface area (Å²) in [7, 11) is 1.61. The molecule has 5 heteroatoms. The number of aryl methyl sites for hydroxylation is 1. The molecule has 1 aromatic heterocycles. The number of amides is 1. The molecule has 26 heavy (non-hydrogen) atoms. The first-order chi connectivity index (χ1) is 12.6. The van der Waals surface area contributed by atoms with Gasteiger partial charge >= 0.3 is 0 Å². The molecule has 0 aliphatic carbocycles. The molecule has 2 N–H and O–H groups in total. The molecule has 3 aromatic rings. The summed E-state index contributed by atoms with van der Waals surface area (Å²) in [6.07, 6.45) is 0. The molecular weight excluding hydrogens is 328 g/mol. The number of methoxy groups -OCH3 is 1. The van der Waals surface area contributed by atoms with Crippen LogP contribution in [0.4, 0.5) is 0 Å². The number of benzene rings is 2.